The lowest BCUT2D eigenvalue weighted by Gasteiger charge is -2.36. The summed E-state index contributed by atoms with van der Waals surface area (Å²) in [5.41, 5.74) is 2.70. The monoisotopic (exact) mass is 444 g/mol. The molecule has 180 valence electrons. The summed E-state index contributed by atoms with van der Waals surface area (Å²) >= 11 is 0. The van der Waals surface area contributed by atoms with E-state index in [0.29, 0.717) is 0 Å². The molecule has 0 amide bonds. The van der Waals surface area contributed by atoms with Crippen LogP contribution in [0.4, 0.5) is 0 Å². The molecule has 1 aromatic carbocycles. The van der Waals surface area contributed by atoms with Crippen molar-refractivity contribution in [2.24, 2.45) is 29.6 Å². The number of benzene rings is 1. The number of unbranched alkanes of at least 4 members (excludes halogenated alkanes) is 1. The Hall–Kier alpha value is -1.48. The van der Waals surface area contributed by atoms with Gasteiger partial charge >= 0.3 is 0 Å². The average Bonchev–Trinajstić information content (AvgIpc) is 2.87. The van der Waals surface area contributed by atoms with Gasteiger partial charge in [0.2, 0.25) is 0 Å². The van der Waals surface area contributed by atoms with Gasteiger partial charge in [0.25, 0.3) is 0 Å². The Kier molecular flexibility index (Phi) is 9.58. The molecule has 0 aromatic heterocycles. The first-order valence-electron chi connectivity index (χ1n) is 14.5. The second kappa shape index (κ2) is 12.8. The topological polar surface area (TPSA) is 0 Å². The van der Waals surface area contributed by atoms with E-state index in [9.17, 15) is 0 Å². The fraction of sp³-hybridized carbons (Fsp3) is 0.697. The third-order valence-electron chi connectivity index (χ3n) is 9.41. The van der Waals surface area contributed by atoms with E-state index < -0.39 is 0 Å². The summed E-state index contributed by atoms with van der Waals surface area (Å²) < 4.78 is 0. The smallest absolute Gasteiger partial charge is 0.0249 e. The summed E-state index contributed by atoms with van der Waals surface area (Å²) in [6.45, 7) is 4.75. The van der Waals surface area contributed by atoms with Crippen molar-refractivity contribution >= 4 is 0 Å². The molecule has 3 fully saturated rings. The molecular formula is C33H48. The van der Waals surface area contributed by atoms with Crippen LogP contribution < -0.4 is 0 Å². The zero-order valence-electron chi connectivity index (χ0n) is 21.5. The Balaban J connectivity index is 1.18. The lowest BCUT2D eigenvalue weighted by Crippen LogP contribution is -2.24. The standard InChI is InChI=1S/C33H48/c1-3-4-7-27-12-20-32(21-13-27)33-24-16-29(17-25-33)9-6-5-8-28-14-22-31(23-15-28)30-18-10-26(2)11-19-30/h5,8,16-17,24-28,30-32H,3-4,7,10-15,18-23H2,1-2H3. The molecule has 0 atom stereocenters. The van der Waals surface area contributed by atoms with E-state index >= 15 is 0 Å². The molecule has 33 heavy (non-hydrogen) atoms. The highest BCUT2D eigenvalue weighted by molar-refractivity contribution is 5.39. The van der Waals surface area contributed by atoms with E-state index in [1.165, 1.54) is 102 Å². The molecule has 0 nitrogen and oxygen atoms in total. The van der Waals surface area contributed by atoms with Crippen LogP contribution in [0.25, 0.3) is 0 Å². The highest BCUT2D eigenvalue weighted by Gasteiger charge is 2.29. The Labute approximate surface area is 205 Å². The molecule has 0 unspecified atom stereocenters. The maximum absolute atomic E-state index is 3.37. The molecule has 3 aliphatic rings. The zero-order valence-corrected chi connectivity index (χ0v) is 21.5. The number of hydrogen-bond donors (Lipinski definition) is 0. The molecule has 3 saturated carbocycles. The molecule has 0 spiro atoms. The van der Waals surface area contributed by atoms with Gasteiger partial charge in [0.1, 0.15) is 0 Å². The first-order valence-corrected chi connectivity index (χ1v) is 14.5. The van der Waals surface area contributed by atoms with Crippen molar-refractivity contribution in [3.63, 3.8) is 0 Å². The van der Waals surface area contributed by atoms with Gasteiger partial charge in [0, 0.05) is 5.56 Å². The van der Waals surface area contributed by atoms with Crippen molar-refractivity contribution in [1.29, 1.82) is 0 Å². The first-order chi connectivity index (χ1) is 16.2. The molecule has 0 aliphatic heterocycles. The molecule has 0 saturated heterocycles. The average molecular weight is 445 g/mol. The Morgan fingerprint density at radius 3 is 2.06 bits per heavy atom. The Morgan fingerprint density at radius 2 is 1.42 bits per heavy atom. The fourth-order valence-corrected chi connectivity index (χ4v) is 6.99. The van der Waals surface area contributed by atoms with Crippen molar-refractivity contribution < 1.29 is 0 Å². The molecule has 3 aliphatic carbocycles. The van der Waals surface area contributed by atoms with Crippen LogP contribution >= 0.6 is 0 Å². The van der Waals surface area contributed by atoms with Gasteiger partial charge in [0.15, 0.2) is 0 Å². The predicted octanol–water partition coefficient (Wildman–Crippen LogP) is 9.69. The SMILES string of the molecule is CCCCC1CCC(c2ccc(C#CC=CC3CCC(C4CCC(C)CC4)CC3)cc2)CC1. The lowest BCUT2D eigenvalue weighted by atomic mass is 9.69. The summed E-state index contributed by atoms with van der Waals surface area (Å²) in [6, 6.07) is 9.18. The van der Waals surface area contributed by atoms with Crippen molar-refractivity contribution in [3.8, 4) is 11.8 Å². The third kappa shape index (κ3) is 7.50. The summed E-state index contributed by atoms with van der Waals surface area (Å²) in [4.78, 5) is 0. The van der Waals surface area contributed by atoms with E-state index in [0.717, 1.165) is 41.1 Å². The quantitative estimate of drug-likeness (QED) is 0.383. The van der Waals surface area contributed by atoms with Gasteiger partial charge in [-0.15, -0.1) is 0 Å². The minimum absolute atomic E-state index is 0.757. The summed E-state index contributed by atoms with van der Waals surface area (Å²) in [5.74, 6) is 12.2. The van der Waals surface area contributed by atoms with Crippen LogP contribution in [0.3, 0.4) is 0 Å². The normalized spacial score (nSPS) is 32.9. The number of hydrogen-bond acceptors (Lipinski definition) is 0. The summed E-state index contributed by atoms with van der Waals surface area (Å²) in [7, 11) is 0. The third-order valence-corrected chi connectivity index (χ3v) is 9.41. The van der Waals surface area contributed by atoms with Crippen molar-refractivity contribution in [3.05, 3.63) is 47.5 Å². The number of allylic oxidation sites excluding steroid dienone is 2. The maximum Gasteiger partial charge on any atom is 0.0249 e. The van der Waals surface area contributed by atoms with Crippen LogP contribution in [0.1, 0.15) is 127 Å². The largest absolute Gasteiger partial charge is 0.0730 e. The fourth-order valence-electron chi connectivity index (χ4n) is 6.99. The molecule has 0 bridgehead atoms. The van der Waals surface area contributed by atoms with Crippen LogP contribution in [0.15, 0.2) is 36.4 Å². The number of rotatable bonds is 6. The molecule has 1 aromatic rings. The van der Waals surface area contributed by atoms with Crippen molar-refractivity contribution in [1.82, 2.24) is 0 Å². The lowest BCUT2D eigenvalue weighted by molar-refractivity contribution is 0.160. The second-order valence-corrected chi connectivity index (χ2v) is 11.8. The van der Waals surface area contributed by atoms with Crippen LogP contribution in [0, 0.1) is 41.4 Å². The Bertz CT molecular complexity index is 764. The summed E-state index contributed by atoms with van der Waals surface area (Å²) in [6.07, 6.45) is 26.0. The molecular weight excluding hydrogens is 396 g/mol. The van der Waals surface area contributed by atoms with E-state index in [2.05, 4.69) is 62.1 Å². The van der Waals surface area contributed by atoms with E-state index in [-0.39, 0.29) is 0 Å². The minimum atomic E-state index is 0.757. The van der Waals surface area contributed by atoms with Gasteiger partial charge < -0.3 is 0 Å². The molecule has 0 radical (unpaired) electrons. The second-order valence-electron chi connectivity index (χ2n) is 11.8. The highest BCUT2D eigenvalue weighted by atomic mass is 14.3. The highest BCUT2D eigenvalue weighted by Crippen LogP contribution is 2.41. The van der Waals surface area contributed by atoms with Crippen LogP contribution in [-0.2, 0) is 0 Å². The van der Waals surface area contributed by atoms with E-state index in [1.807, 2.05) is 0 Å². The van der Waals surface area contributed by atoms with Gasteiger partial charge in [-0.05, 0) is 123 Å². The van der Waals surface area contributed by atoms with Crippen LogP contribution in [0.2, 0.25) is 0 Å². The van der Waals surface area contributed by atoms with Gasteiger partial charge in [-0.2, -0.15) is 0 Å². The summed E-state index contributed by atoms with van der Waals surface area (Å²) in [5, 5.41) is 0. The van der Waals surface area contributed by atoms with E-state index in [4.69, 9.17) is 0 Å². The van der Waals surface area contributed by atoms with Crippen molar-refractivity contribution in [2.45, 2.75) is 116 Å². The van der Waals surface area contributed by atoms with Gasteiger partial charge in [-0.3, -0.25) is 0 Å². The zero-order chi connectivity index (χ0) is 22.9. The van der Waals surface area contributed by atoms with Gasteiger partial charge in [0.05, 0.1) is 0 Å². The van der Waals surface area contributed by atoms with Crippen LogP contribution in [-0.4, -0.2) is 0 Å². The molecule has 0 heterocycles. The van der Waals surface area contributed by atoms with E-state index in [1.54, 1.807) is 0 Å². The first kappa shape index (κ1) is 24.6. The van der Waals surface area contributed by atoms with Gasteiger partial charge in [-0.25, -0.2) is 0 Å². The molecule has 4 rings (SSSR count). The minimum Gasteiger partial charge on any atom is -0.0730 e. The van der Waals surface area contributed by atoms with Gasteiger partial charge in [-0.1, -0.05) is 76.0 Å². The molecule has 0 N–H and O–H groups in total. The van der Waals surface area contributed by atoms with Crippen molar-refractivity contribution in [2.75, 3.05) is 0 Å². The molecule has 0 heteroatoms. The maximum atomic E-state index is 3.37. The van der Waals surface area contributed by atoms with Crippen LogP contribution in [0.5, 0.6) is 0 Å². The predicted molar refractivity (Wildman–Crippen MR) is 143 cm³/mol. The Morgan fingerprint density at radius 1 is 0.788 bits per heavy atom.